The molecule has 2 N–H and O–H groups in total. The van der Waals surface area contributed by atoms with E-state index in [1.165, 1.54) is 12.1 Å². The van der Waals surface area contributed by atoms with Crippen molar-refractivity contribution in [2.75, 3.05) is 0 Å². The third-order valence-corrected chi connectivity index (χ3v) is 3.02. The van der Waals surface area contributed by atoms with Crippen LogP contribution < -0.4 is 5.56 Å². The molecule has 0 atom stereocenters. The summed E-state index contributed by atoms with van der Waals surface area (Å²) in [7, 11) is 0. The highest BCUT2D eigenvalue weighted by Crippen LogP contribution is 2.29. The van der Waals surface area contributed by atoms with Gasteiger partial charge in [-0.15, -0.1) is 0 Å². The number of nitrogens with zero attached hydrogens (tertiary/aromatic N) is 1. The molecule has 1 aromatic carbocycles. The molecule has 0 aliphatic rings. The second-order valence-corrected chi connectivity index (χ2v) is 4.54. The molecule has 1 heterocycles. The minimum atomic E-state index is -4.43. The van der Waals surface area contributed by atoms with Gasteiger partial charge < -0.3 is 10.1 Å². The second-order valence-electron chi connectivity index (χ2n) is 4.54. The number of nitrogens with one attached hydrogen (secondary N) is 1. The molecule has 0 saturated carbocycles. The van der Waals surface area contributed by atoms with E-state index in [2.05, 4.69) is 9.97 Å². The molecular weight excluding hydrogens is 285 g/mol. The van der Waals surface area contributed by atoms with Crippen LogP contribution in [0.25, 0.3) is 0 Å². The summed E-state index contributed by atoms with van der Waals surface area (Å²) < 4.78 is 37.9. The summed E-state index contributed by atoms with van der Waals surface area (Å²) in [6.45, 7) is 1.69. The van der Waals surface area contributed by atoms with Gasteiger partial charge in [0.2, 0.25) is 5.88 Å². The molecule has 2 aromatic rings. The van der Waals surface area contributed by atoms with Gasteiger partial charge in [0.1, 0.15) is 5.82 Å². The first-order valence-electron chi connectivity index (χ1n) is 6.28. The summed E-state index contributed by atoms with van der Waals surface area (Å²) in [5, 5.41) is 9.62. The summed E-state index contributed by atoms with van der Waals surface area (Å²) >= 11 is 0. The zero-order chi connectivity index (χ0) is 15.6. The Morgan fingerprint density at radius 2 is 2.05 bits per heavy atom. The average molecular weight is 298 g/mol. The normalized spacial score (nSPS) is 11.6. The van der Waals surface area contributed by atoms with E-state index in [0.29, 0.717) is 12.0 Å². The van der Waals surface area contributed by atoms with Crippen molar-refractivity contribution in [1.82, 2.24) is 9.97 Å². The van der Waals surface area contributed by atoms with E-state index in [9.17, 15) is 23.1 Å². The Bertz CT molecular complexity index is 708. The van der Waals surface area contributed by atoms with Gasteiger partial charge in [-0.2, -0.15) is 18.2 Å². The van der Waals surface area contributed by atoms with Gasteiger partial charge in [0, 0.05) is 6.42 Å². The highest BCUT2D eigenvalue weighted by atomic mass is 19.4. The van der Waals surface area contributed by atoms with Crippen LogP contribution in [0.5, 0.6) is 5.88 Å². The number of halogens is 3. The van der Waals surface area contributed by atoms with Crippen LogP contribution in [0.4, 0.5) is 13.2 Å². The van der Waals surface area contributed by atoms with E-state index < -0.39 is 17.3 Å². The van der Waals surface area contributed by atoms with Crippen molar-refractivity contribution in [3.8, 4) is 5.88 Å². The number of aromatic amines is 1. The van der Waals surface area contributed by atoms with Gasteiger partial charge in [-0.3, -0.25) is 4.79 Å². The first-order valence-corrected chi connectivity index (χ1v) is 6.28. The fraction of sp³-hybridized carbons (Fsp3) is 0.286. The molecule has 7 heteroatoms. The van der Waals surface area contributed by atoms with Crippen LogP contribution in [0, 0.1) is 0 Å². The molecule has 112 valence electrons. The van der Waals surface area contributed by atoms with Crippen LogP contribution in [0.3, 0.4) is 0 Å². The predicted octanol–water partition coefficient (Wildman–Crippen LogP) is 2.65. The number of hydrogen-bond acceptors (Lipinski definition) is 3. The van der Waals surface area contributed by atoms with Crippen molar-refractivity contribution < 1.29 is 18.3 Å². The maximum absolute atomic E-state index is 12.6. The molecule has 0 unspecified atom stereocenters. The zero-order valence-corrected chi connectivity index (χ0v) is 11.2. The molecule has 0 radical (unpaired) electrons. The summed E-state index contributed by atoms with van der Waals surface area (Å²) in [5.41, 5.74) is -0.747. The average Bonchev–Trinajstić information content (AvgIpc) is 2.37. The predicted molar refractivity (Wildman–Crippen MR) is 70.2 cm³/mol. The second kappa shape index (κ2) is 5.59. The third kappa shape index (κ3) is 3.42. The standard InChI is InChI=1S/C14H13F3N2O2/c1-2-10-12(20)18-11(19-13(10)21)7-8-4-3-5-9(6-8)14(15,16)17/h3-6H,2,7H2,1H3,(H2,18,19,20,21). The minimum absolute atomic E-state index is 0.00326. The molecule has 21 heavy (non-hydrogen) atoms. The lowest BCUT2D eigenvalue weighted by atomic mass is 10.1. The quantitative estimate of drug-likeness (QED) is 0.915. The summed E-state index contributed by atoms with van der Waals surface area (Å²) in [6, 6.07) is 4.75. The van der Waals surface area contributed by atoms with E-state index in [4.69, 9.17) is 0 Å². The van der Waals surface area contributed by atoms with E-state index in [1.54, 1.807) is 6.92 Å². The first kappa shape index (κ1) is 15.1. The Labute approximate surface area is 118 Å². The van der Waals surface area contributed by atoms with E-state index in [-0.39, 0.29) is 23.7 Å². The molecule has 0 bridgehead atoms. The van der Waals surface area contributed by atoms with E-state index in [1.807, 2.05) is 0 Å². The Morgan fingerprint density at radius 1 is 1.33 bits per heavy atom. The van der Waals surface area contributed by atoms with Crippen LogP contribution in [0.15, 0.2) is 29.1 Å². The lowest BCUT2D eigenvalue weighted by Gasteiger charge is -2.09. The summed E-state index contributed by atoms with van der Waals surface area (Å²) in [5.74, 6) is -0.266. The smallest absolute Gasteiger partial charge is 0.416 e. The van der Waals surface area contributed by atoms with Gasteiger partial charge in [0.25, 0.3) is 5.56 Å². The molecule has 0 spiro atoms. The van der Waals surface area contributed by atoms with Crippen molar-refractivity contribution in [2.24, 2.45) is 0 Å². The first-order chi connectivity index (χ1) is 9.81. The zero-order valence-electron chi connectivity index (χ0n) is 11.2. The summed E-state index contributed by atoms with van der Waals surface area (Å²) in [4.78, 5) is 17.9. The van der Waals surface area contributed by atoms with Crippen LogP contribution in [-0.4, -0.2) is 15.1 Å². The van der Waals surface area contributed by atoms with Crippen LogP contribution in [0.2, 0.25) is 0 Å². The van der Waals surface area contributed by atoms with Crippen molar-refractivity contribution in [2.45, 2.75) is 25.9 Å². The molecule has 0 amide bonds. The van der Waals surface area contributed by atoms with Crippen molar-refractivity contribution in [1.29, 1.82) is 0 Å². The van der Waals surface area contributed by atoms with E-state index in [0.717, 1.165) is 12.1 Å². The molecule has 0 saturated heterocycles. The van der Waals surface area contributed by atoms with Gasteiger partial charge >= 0.3 is 6.18 Å². The van der Waals surface area contributed by atoms with E-state index >= 15 is 0 Å². The fourth-order valence-corrected chi connectivity index (χ4v) is 1.98. The number of alkyl halides is 3. The largest absolute Gasteiger partial charge is 0.493 e. The molecule has 0 fully saturated rings. The molecule has 4 nitrogen and oxygen atoms in total. The summed E-state index contributed by atoms with van der Waals surface area (Å²) in [6.07, 6.45) is -4.11. The van der Waals surface area contributed by atoms with Gasteiger partial charge in [-0.25, -0.2) is 0 Å². The highest BCUT2D eigenvalue weighted by Gasteiger charge is 2.30. The highest BCUT2D eigenvalue weighted by molar-refractivity contribution is 5.29. The molecule has 0 aliphatic heterocycles. The van der Waals surface area contributed by atoms with Crippen LogP contribution in [-0.2, 0) is 19.0 Å². The number of H-pyrrole nitrogens is 1. The Kier molecular flexibility index (Phi) is 4.02. The molecule has 2 rings (SSSR count). The van der Waals surface area contributed by atoms with Crippen LogP contribution in [0.1, 0.15) is 29.4 Å². The lowest BCUT2D eigenvalue weighted by molar-refractivity contribution is -0.137. The Hall–Kier alpha value is -2.31. The number of aromatic nitrogens is 2. The monoisotopic (exact) mass is 298 g/mol. The maximum atomic E-state index is 12.6. The Balaban J connectivity index is 2.33. The number of hydrogen-bond donors (Lipinski definition) is 2. The number of benzene rings is 1. The molecular formula is C14H13F3N2O2. The Morgan fingerprint density at radius 3 is 2.62 bits per heavy atom. The third-order valence-electron chi connectivity index (χ3n) is 3.02. The van der Waals surface area contributed by atoms with Gasteiger partial charge in [0.15, 0.2) is 0 Å². The minimum Gasteiger partial charge on any atom is -0.493 e. The van der Waals surface area contributed by atoms with Crippen LogP contribution >= 0.6 is 0 Å². The molecule has 1 aromatic heterocycles. The van der Waals surface area contributed by atoms with Gasteiger partial charge in [-0.1, -0.05) is 25.1 Å². The topological polar surface area (TPSA) is 66.0 Å². The van der Waals surface area contributed by atoms with Crippen molar-refractivity contribution in [3.63, 3.8) is 0 Å². The van der Waals surface area contributed by atoms with Crippen molar-refractivity contribution >= 4 is 0 Å². The molecule has 0 aliphatic carbocycles. The lowest BCUT2D eigenvalue weighted by Crippen LogP contribution is -2.16. The number of rotatable bonds is 3. The number of aromatic hydroxyl groups is 1. The maximum Gasteiger partial charge on any atom is 0.416 e. The van der Waals surface area contributed by atoms with Crippen molar-refractivity contribution in [3.05, 3.63) is 57.1 Å². The van der Waals surface area contributed by atoms with Gasteiger partial charge in [0.05, 0.1) is 11.1 Å². The van der Waals surface area contributed by atoms with Gasteiger partial charge in [-0.05, 0) is 18.1 Å². The SMILES string of the molecule is CCc1c(O)nc(Cc2cccc(C(F)(F)F)c2)[nH]c1=O. The fourth-order valence-electron chi connectivity index (χ4n) is 1.98.